The molecule has 0 aliphatic carbocycles. The van der Waals surface area contributed by atoms with Gasteiger partial charge in [0.1, 0.15) is 0 Å². The number of benzene rings is 1. The van der Waals surface area contributed by atoms with Crippen molar-refractivity contribution in [1.29, 1.82) is 0 Å². The highest BCUT2D eigenvalue weighted by molar-refractivity contribution is 5.67. The van der Waals surface area contributed by atoms with Crippen LogP contribution in [0.3, 0.4) is 0 Å². The van der Waals surface area contributed by atoms with Crippen LogP contribution in [0.15, 0.2) is 24.3 Å². The van der Waals surface area contributed by atoms with Crippen LogP contribution >= 0.6 is 0 Å². The maximum atomic E-state index is 10.6. The van der Waals surface area contributed by atoms with Crippen LogP contribution in [-0.4, -0.2) is 55.7 Å². The molecular weight excluding hydrogens is 254 g/mol. The first-order valence-corrected chi connectivity index (χ1v) is 7.10. The first-order valence-electron chi connectivity index (χ1n) is 7.10. The van der Waals surface area contributed by atoms with Crippen LogP contribution < -0.4 is 10.2 Å². The molecule has 0 aromatic heterocycles. The molecule has 0 bridgehead atoms. The lowest BCUT2D eigenvalue weighted by molar-refractivity contribution is -0.136. The molecule has 1 aromatic rings. The van der Waals surface area contributed by atoms with E-state index in [1.165, 1.54) is 5.56 Å². The van der Waals surface area contributed by atoms with Gasteiger partial charge in [-0.1, -0.05) is 12.1 Å². The molecule has 1 saturated heterocycles. The number of carboxylic acid groups (broad SMARTS) is 1. The molecule has 5 nitrogen and oxygen atoms in total. The fourth-order valence-electron chi connectivity index (χ4n) is 2.38. The number of hydrogen-bond acceptors (Lipinski definition) is 4. The van der Waals surface area contributed by atoms with E-state index in [9.17, 15) is 4.79 Å². The highest BCUT2D eigenvalue weighted by Crippen LogP contribution is 2.15. The van der Waals surface area contributed by atoms with E-state index < -0.39 is 5.97 Å². The van der Waals surface area contributed by atoms with Crippen molar-refractivity contribution >= 4 is 11.7 Å². The molecule has 0 unspecified atom stereocenters. The van der Waals surface area contributed by atoms with Crippen LogP contribution in [-0.2, 0) is 11.3 Å². The van der Waals surface area contributed by atoms with E-state index in [-0.39, 0.29) is 6.42 Å². The van der Waals surface area contributed by atoms with Gasteiger partial charge in [0.25, 0.3) is 0 Å². The van der Waals surface area contributed by atoms with E-state index >= 15 is 0 Å². The lowest BCUT2D eigenvalue weighted by Gasteiger charge is -2.27. The molecule has 2 rings (SSSR count). The van der Waals surface area contributed by atoms with Gasteiger partial charge in [-0.15, -0.1) is 0 Å². The van der Waals surface area contributed by atoms with Crippen LogP contribution in [0.25, 0.3) is 0 Å². The highest BCUT2D eigenvalue weighted by Gasteiger charge is 2.10. The molecule has 110 valence electrons. The van der Waals surface area contributed by atoms with Crippen LogP contribution in [0.4, 0.5) is 5.69 Å². The van der Waals surface area contributed by atoms with Gasteiger partial charge in [-0.05, 0) is 17.7 Å². The molecule has 0 radical (unpaired) electrons. The molecule has 0 saturated carbocycles. The first-order chi connectivity index (χ1) is 9.65. The number of rotatable bonds is 6. The van der Waals surface area contributed by atoms with Gasteiger partial charge >= 0.3 is 5.97 Å². The Morgan fingerprint density at radius 2 is 1.95 bits per heavy atom. The number of nitrogens with zero attached hydrogens (tertiary/aromatic N) is 2. The zero-order valence-corrected chi connectivity index (χ0v) is 12.0. The van der Waals surface area contributed by atoms with Crippen LogP contribution in [0.2, 0.25) is 0 Å². The van der Waals surface area contributed by atoms with Gasteiger partial charge in [0.05, 0.1) is 6.42 Å². The molecule has 0 spiro atoms. The highest BCUT2D eigenvalue weighted by atomic mass is 16.4. The third-order valence-electron chi connectivity index (χ3n) is 3.65. The minimum atomic E-state index is -0.757. The van der Waals surface area contributed by atoms with Gasteiger partial charge in [0.15, 0.2) is 0 Å². The fraction of sp³-hybridized carbons (Fsp3) is 0.533. The number of carbonyl (C=O) groups is 1. The summed E-state index contributed by atoms with van der Waals surface area (Å²) in [5.74, 6) is -0.757. The Bertz CT molecular complexity index is 427. The predicted octanol–water partition coefficient (Wildman–Crippen LogP) is 1.00. The molecule has 1 aromatic carbocycles. The maximum Gasteiger partial charge on any atom is 0.305 e. The van der Waals surface area contributed by atoms with Crippen molar-refractivity contribution in [3.05, 3.63) is 29.8 Å². The molecule has 1 aliphatic heterocycles. The van der Waals surface area contributed by atoms with Gasteiger partial charge in [0, 0.05) is 52.0 Å². The molecule has 5 heteroatoms. The summed E-state index contributed by atoms with van der Waals surface area (Å²) >= 11 is 0. The molecule has 0 amide bonds. The zero-order valence-electron chi connectivity index (χ0n) is 12.0. The van der Waals surface area contributed by atoms with Gasteiger partial charge < -0.3 is 15.3 Å². The van der Waals surface area contributed by atoms with E-state index in [1.54, 1.807) is 0 Å². The average Bonchev–Trinajstić information content (AvgIpc) is 2.46. The molecule has 1 aliphatic rings. The van der Waals surface area contributed by atoms with Gasteiger partial charge in [-0.25, -0.2) is 0 Å². The molecule has 2 N–H and O–H groups in total. The van der Waals surface area contributed by atoms with Crippen molar-refractivity contribution in [3.63, 3.8) is 0 Å². The molecule has 0 atom stereocenters. The van der Waals surface area contributed by atoms with E-state index in [2.05, 4.69) is 34.5 Å². The number of anilines is 1. The van der Waals surface area contributed by atoms with Crippen LogP contribution in [0.5, 0.6) is 0 Å². The van der Waals surface area contributed by atoms with Crippen LogP contribution in [0, 0.1) is 0 Å². The summed E-state index contributed by atoms with van der Waals surface area (Å²) in [6, 6.07) is 8.40. The third kappa shape index (κ3) is 4.51. The summed E-state index contributed by atoms with van der Waals surface area (Å²) in [7, 11) is 1.92. The minimum absolute atomic E-state index is 0.166. The second-order valence-corrected chi connectivity index (χ2v) is 5.26. The first kappa shape index (κ1) is 14.8. The number of carboxylic acids is 1. The molecule has 20 heavy (non-hydrogen) atoms. The van der Waals surface area contributed by atoms with E-state index in [1.807, 2.05) is 11.9 Å². The number of aliphatic carboxylic acids is 1. The standard InChI is InChI=1S/C15H23N3O2/c1-17(9-6-15(19)20)14-4-2-13(3-5-14)12-18-10-7-16-8-11-18/h2-5,16H,6-12H2,1H3,(H,19,20). The Kier molecular flexibility index (Phi) is 5.38. The lowest BCUT2D eigenvalue weighted by atomic mass is 10.1. The number of piperazine rings is 1. The van der Waals surface area contributed by atoms with Crippen molar-refractivity contribution in [1.82, 2.24) is 10.2 Å². The largest absolute Gasteiger partial charge is 0.481 e. The van der Waals surface area contributed by atoms with Crippen molar-refractivity contribution in [3.8, 4) is 0 Å². The van der Waals surface area contributed by atoms with Crippen molar-refractivity contribution in [2.75, 3.05) is 44.7 Å². The number of hydrogen-bond donors (Lipinski definition) is 2. The molecular formula is C15H23N3O2. The average molecular weight is 277 g/mol. The van der Waals surface area contributed by atoms with Gasteiger partial charge in [-0.3, -0.25) is 9.69 Å². The Hall–Kier alpha value is -1.59. The Labute approximate surface area is 120 Å². The summed E-state index contributed by atoms with van der Waals surface area (Å²) in [6.45, 7) is 5.85. The zero-order chi connectivity index (χ0) is 14.4. The van der Waals surface area contributed by atoms with E-state index in [0.29, 0.717) is 6.54 Å². The van der Waals surface area contributed by atoms with Gasteiger partial charge in [-0.2, -0.15) is 0 Å². The quantitative estimate of drug-likeness (QED) is 0.812. The second kappa shape index (κ2) is 7.26. The summed E-state index contributed by atoms with van der Waals surface area (Å²) in [6.07, 6.45) is 0.166. The summed E-state index contributed by atoms with van der Waals surface area (Å²) in [5.41, 5.74) is 2.37. The minimum Gasteiger partial charge on any atom is -0.481 e. The fourth-order valence-corrected chi connectivity index (χ4v) is 2.38. The van der Waals surface area contributed by atoms with Crippen LogP contribution in [0.1, 0.15) is 12.0 Å². The van der Waals surface area contributed by atoms with Crippen molar-refractivity contribution in [2.45, 2.75) is 13.0 Å². The monoisotopic (exact) mass is 277 g/mol. The van der Waals surface area contributed by atoms with Crippen molar-refractivity contribution in [2.24, 2.45) is 0 Å². The van der Waals surface area contributed by atoms with E-state index in [0.717, 1.165) is 38.4 Å². The molecule has 1 fully saturated rings. The SMILES string of the molecule is CN(CCC(=O)O)c1ccc(CN2CCNCC2)cc1. The summed E-state index contributed by atoms with van der Waals surface area (Å²) in [4.78, 5) is 15.0. The van der Waals surface area contributed by atoms with Gasteiger partial charge in [0.2, 0.25) is 0 Å². The Morgan fingerprint density at radius 3 is 2.55 bits per heavy atom. The normalized spacial score (nSPS) is 16.1. The topological polar surface area (TPSA) is 55.8 Å². The smallest absolute Gasteiger partial charge is 0.305 e. The Morgan fingerprint density at radius 1 is 1.30 bits per heavy atom. The lowest BCUT2D eigenvalue weighted by Crippen LogP contribution is -2.42. The second-order valence-electron chi connectivity index (χ2n) is 5.26. The Balaban J connectivity index is 1.86. The number of nitrogens with one attached hydrogen (secondary N) is 1. The predicted molar refractivity (Wildman–Crippen MR) is 80.1 cm³/mol. The van der Waals surface area contributed by atoms with Crippen molar-refractivity contribution < 1.29 is 9.90 Å². The van der Waals surface area contributed by atoms with E-state index in [4.69, 9.17) is 5.11 Å². The summed E-state index contributed by atoms with van der Waals surface area (Å²) < 4.78 is 0. The summed E-state index contributed by atoms with van der Waals surface area (Å²) in [5, 5.41) is 12.0. The maximum absolute atomic E-state index is 10.6. The third-order valence-corrected chi connectivity index (χ3v) is 3.65. The molecule has 1 heterocycles.